The molecule has 0 aliphatic carbocycles. The second kappa shape index (κ2) is 11.1. The zero-order valence-electron chi connectivity index (χ0n) is 18.6. The van der Waals surface area contributed by atoms with Crippen molar-refractivity contribution in [1.82, 2.24) is 25.3 Å². The van der Waals surface area contributed by atoms with Gasteiger partial charge >= 0.3 is 0 Å². The number of guanidine groups is 1. The van der Waals surface area contributed by atoms with Crippen molar-refractivity contribution in [2.75, 3.05) is 33.3 Å². The van der Waals surface area contributed by atoms with Crippen LogP contribution in [-0.4, -0.2) is 59.3 Å². The van der Waals surface area contributed by atoms with E-state index in [1.54, 1.807) is 6.20 Å². The van der Waals surface area contributed by atoms with Gasteiger partial charge in [-0.2, -0.15) is 4.98 Å². The predicted octanol–water partition coefficient (Wildman–Crippen LogP) is 3.27. The van der Waals surface area contributed by atoms with E-state index in [9.17, 15) is 0 Å². The van der Waals surface area contributed by atoms with Gasteiger partial charge in [-0.25, -0.2) is 0 Å². The van der Waals surface area contributed by atoms with E-state index in [2.05, 4.69) is 62.4 Å². The van der Waals surface area contributed by atoms with Crippen molar-refractivity contribution in [3.63, 3.8) is 0 Å². The van der Waals surface area contributed by atoms with E-state index in [-0.39, 0.29) is 0 Å². The summed E-state index contributed by atoms with van der Waals surface area (Å²) in [5, 5.41) is 7.34. The molecule has 31 heavy (non-hydrogen) atoms. The highest BCUT2D eigenvalue weighted by atomic mass is 16.5. The molecular formula is C23H30N6O2. The van der Waals surface area contributed by atoms with Crippen molar-refractivity contribution < 1.29 is 9.26 Å². The van der Waals surface area contributed by atoms with Crippen molar-refractivity contribution in [3.8, 4) is 17.3 Å². The second-order valence-corrected chi connectivity index (χ2v) is 7.31. The largest absolute Gasteiger partial charge is 0.492 e. The molecule has 8 heteroatoms. The number of nitrogens with one attached hydrogen (secondary N) is 1. The molecule has 0 aliphatic rings. The second-order valence-electron chi connectivity index (χ2n) is 7.31. The average molecular weight is 423 g/mol. The van der Waals surface area contributed by atoms with Crippen LogP contribution in [0.5, 0.6) is 5.75 Å². The van der Waals surface area contributed by atoms with E-state index in [1.165, 1.54) is 11.1 Å². The summed E-state index contributed by atoms with van der Waals surface area (Å²) in [5.74, 6) is 2.75. The highest BCUT2D eigenvalue weighted by Crippen LogP contribution is 2.16. The maximum Gasteiger partial charge on any atom is 0.276 e. The molecule has 164 valence electrons. The average Bonchev–Trinajstić information content (AvgIpc) is 3.22. The fourth-order valence-corrected chi connectivity index (χ4v) is 3.10. The molecule has 0 saturated heterocycles. The maximum absolute atomic E-state index is 5.92. The van der Waals surface area contributed by atoms with Crippen molar-refractivity contribution in [3.05, 3.63) is 59.5 Å². The Balaban J connectivity index is 1.51. The monoisotopic (exact) mass is 422 g/mol. The molecule has 1 aromatic carbocycles. The fraction of sp³-hybridized carbons (Fsp3) is 0.391. The Morgan fingerprint density at radius 1 is 1.19 bits per heavy atom. The number of rotatable bonds is 9. The molecule has 0 atom stereocenters. The molecule has 0 radical (unpaired) electrons. The van der Waals surface area contributed by atoms with Gasteiger partial charge in [0.2, 0.25) is 0 Å². The van der Waals surface area contributed by atoms with E-state index >= 15 is 0 Å². The molecule has 0 aliphatic heterocycles. The van der Waals surface area contributed by atoms with Crippen molar-refractivity contribution in [2.45, 2.75) is 27.2 Å². The van der Waals surface area contributed by atoms with Gasteiger partial charge in [-0.3, -0.25) is 9.98 Å². The zero-order chi connectivity index (χ0) is 22.1. The molecule has 1 N–H and O–H groups in total. The molecule has 2 aromatic heterocycles. The zero-order valence-corrected chi connectivity index (χ0v) is 18.6. The number of aliphatic imine (C=N–C) groups is 1. The number of nitrogens with zero attached hydrogens (tertiary/aromatic N) is 5. The molecule has 0 saturated carbocycles. The van der Waals surface area contributed by atoms with Crippen molar-refractivity contribution in [1.29, 1.82) is 0 Å². The molecule has 0 unspecified atom stereocenters. The third kappa shape index (κ3) is 6.80. The number of pyridine rings is 1. The summed E-state index contributed by atoms with van der Waals surface area (Å²) in [6.07, 6.45) is 2.28. The molecular weight excluding hydrogens is 392 g/mol. The van der Waals surface area contributed by atoms with Gasteiger partial charge in [-0.1, -0.05) is 17.3 Å². The van der Waals surface area contributed by atoms with E-state index in [1.807, 2.05) is 32.2 Å². The topological polar surface area (TPSA) is 88.7 Å². The van der Waals surface area contributed by atoms with E-state index < -0.39 is 0 Å². The van der Waals surface area contributed by atoms with Crippen molar-refractivity contribution in [2.24, 2.45) is 4.99 Å². The molecule has 3 aromatic rings. The van der Waals surface area contributed by atoms with Gasteiger partial charge in [-0.05, 0) is 56.2 Å². The Morgan fingerprint density at radius 3 is 2.71 bits per heavy atom. The van der Waals surface area contributed by atoms with Crippen LogP contribution < -0.4 is 10.1 Å². The van der Waals surface area contributed by atoms with Gasteiger partial charge < -0.3 is 19.5 Å². The van der Waals surface area contributed by atoms with Crippen LogP contribution in [0.4, 0.5) is 0 Å². The summed E-state index contributed by atoms with van der Waals surface area (Å²) in [6, 6.07) is 11.8. The Bertz CT molecular complexity index is 966. The third-order valence-corrected chi connectivity index (χ3v) is 4.54. The summed E-state index contributed by atoms with van der Waals surface area (Å²) in [5.41, 5.74) is 3.07. The number of benzene rings is 1. The highest BCUT2D eigenvalue weighted by molar-refractivity contribution is 5.79. The Morgan fingerprint density at radius 2 is 2.00 bits per heavy atom. The first kappa shape index (κ1) is 22.3. The first-order valence-electron chi connectivity index (χ1n) is 10.5. The first-order valence-corrected chi connectivity index (χ1v) is 10.5. The number of hydrogen-bond donors (Lipinski definition) is 1. The SMILES string of the molecule is CCNC(=NCCc1noc(-c2ccccn2)n1)N(C)CCOc1cc(C)cc(C)c1. The highest BCUT2D eigenvalue weighted by Gasteiger charge is 2.10. The number of aromatic nitrogens is 3. The van der Waals surface area contributed by atoms with E-state index in [0.717, 1.165) is 18.3 Å². The summed E-state index contributed by atoms with van der Waals surface area (Å²) >= 11 is 0. The molecule has 0 fully saturated rings. The molecule has 0 amide bonds. The number of aryl methyl sites for hydroxylation is 2. The van der Waals surface area contributed by atoms with Crippen LogP contribution in [0, 0.1) is 13.8 Å². The predicted molar refractivity (Wildman–Crippen MR) is 121 cm³/mol. The smallest absolute Gasteiger partial charge is 0.276 e. The number of hydrogen-bond acceptors (Lipinski definition) is 6. The number of likely N-dealkylation sites (N-methyl/N-ethyl adjacent to an activating group) is 1. The van der Waals surface area contributed by atoms with Crippen molar-refractivity contribution >= 4 is 5.96 Å². The minimum absolute atomic E-state index is 0.423. The fourth-order valence-electron chi connectivity index (χ4n) is 3.10. The van der Waals surface area contributed by atoms with E-state index in [4.69, 9.17) is 9.26 Å². The summed E-state index contributed by atoms with van der Waals surface area (Å²) in [7, 11) is 2.00. The lowest BCUT2D eigenvalue weighted by Crippen LogP contribution is -2.41. The molecule has 8 nitrogen and oxygen atoms in total. The molecule has 0 spiro atoms. The lowest BCUT2D eigenvalue weighted by molar-refractivity contribution is 0.281. The van der Waals surface area contributed by atoms with Crippen LogP contribution in [0.3, 0.4) is 0 Å². The maximum atomic E-state index is 5.92. The van der Waals surface area contributed by atoms with Crippen LogP contribution >= 0.6 is 0 Å². The Kier molecular flexibility index (Phi) is 7.98. The normalized spacial score (nSPS) is 11.4. The Labute approximate surface area is 183 Å². The van der Waals surface area contributed by atoms with Crippen LogP contribution in [0.15, 0.2) is 52.1 Å². The molecule has 2 heterocycles. The van der Waals surface area contributed by atoms with Gasteiger partial charge in [0.05, 0.1) is 6.54 Å². The lowest BCUT2D eigenvalue weighted by atomic mass is 10.1. The van der Waals surface area contributed by atoms with Crippen LogP contribution in [0.1, 0.15) is 23.9 Å². The van der Waals surface area contributed by atoms with Gasteiger partial charge in [-0.15, -0.1) is 0 Å². The van der Waals surface area contributed by atoms with E-state index in [0.29, 0.717) is 43.5 Å². The van der Waals surface area contributed by atoms with Crippen LogP contribution in [0.2, 0.25) is 0 Å². The minimum atomic E-state index is 0.423. The minimum Gasteiger partial charge on any atom is -0.492 e. The summed E-state index contributed by atoms with van der Waals surface area (Å²) in [4.78, 5) is 15.4. The number of ether oxygens (including phenoxy) is 1. The third-order valence-electron chi connectivity index (χ3n) is 4.54. The van der Waals surface area contributed by atoms with Gasteiger partial charge in [0.1, 0.15) is 18.1 Å². The Hall–Kier alpha value is -3.42. The van der Waals surface area contributed by atoms with Gasteiger partial charge in [0.15, 0.2) is 11.8 Å². The van der Waals surface area contributed by atoms with Gasteiger partial charge in [0.25, 0.3) is 5.89 Å². The first-order chi connectivity index (χ1) is 15.0. The summed E-state index contributed by atoms with van der Waals surface area (Å²) in [6.45, 7) is 8.81. The standard InChI is InChI=1S/C23H30N6O2/c1-5-24-23(29(4)12-13-30-19-15-17(2)14-18(3)16-19)26-11-9-21-27-22(31-28-21)20-8-6-7-10-25-20/h6-8,10,14-16H,5,9,11-13H2,1-4H3,(H,24,26). The molecule has 0 bridgehead atoms. The quantitative estimate of drug-likeness (QED) is 0.418. The molecule has 3 rings (SSSR count). The van der Waals surface area contributed by atoms with Crippen LogP contribution in [0.25, 0.3) is 11.6 Å². The lowest BCUT2D eigenvalue weighted by Gasteiger charge is -2.22. The summed E-state index contributed by atoms with van der Waals surface area (Å²) < 4.78 is 11.2. The van der Waals surface area contributed by atoms with Gasteiger partial charge in [0, 0.05) is 32.8 Å². The van der Waals surface area contributed by atoms with Crippen LogP contribution in [-0.2, 0) is 6.42 Å².